The molecule has 0 atom stereocenters. The Hall–Kier alpha value is -5.90. The zero-order valence-corrected chi connectivity index (χ0v) is 26.3. The van der Waals surface area contributed by atoms with E-state index in [0.29, 0.717) is 5.82 Å². The lowest BCUT2D eigenvalue weighted by Gasteiger charge is -2.15. The largest absolute Gasteiger partial charge is 0.228 e. The van der Waals surface area contributed by atoms with Crippen LogP contribution in [0.5, 0.6) is 0 Å². The van der Waals surface area contributed by atoms with Crippen molar-refractivity contribution in [2.24, 2.45) is 0 Å². The molecule has 9 rings (SSSR count). The summed E-state index contributed by atoms with van der Waals surface area (Å²) < 4.78 is 2.60. The maximum absolute atomic E-state index is 5.22. The molecule has 0 unspecified atom stereocenters. The summed E-state index contributed by atoms with van der Waals surface area (Å²) in [7, 11) is 0. The molecule has 0 amide bonds. The number of fused-ring (bicyclic) bond motifs is 4. The molecule has 0 aliphatic rings. The van der Waals surface area contributed by atoms with Crippen molar-refractivity contribution in [1.82, 2.24) is 9.97 Å². The fraction of sp³-hybridized carbons (Fsp3) is 0. The first-order valence-corrected chi connectivity index (χ1v) is 16.6. The molecule has 0 N–H and O–H groups in total. The Bertz CT molecular complexity index is 2500. The number of nitrogens with zero attached hydrogens (tertiary/aromatic N) is 2. The van der Waals surface area contributed by atoms with Crippen molar-refractivity contribution >= 4 is 42.3 Å². The summed E-state index contributed by atoms with van der Waals surface area (Å²) in [6.07, 6.45) is 0. The van der Waals surface area contributed by atoms with Crippen LogP contribution < -0.4 is 0 Å². The quantitative estimate of drug-likeness (QED) is 0.192. The zero-order valence-electron chi connectivity index (χ0n) is 25.5. The summed E-state index contributed by atoms with van der Waals surface area (Å²) in [5, 5.41) is 5.09. The summed E-state index contributed by atoms with van der Waals surface area (Å²) in [5.74, 6) is 0.714. The molecule has 0 radical (unpaired) electrons. The van der Waals surface area contributed by atoms with E-state index in [-0.39, 0.29) is 0 Å². The summed E-state index contributed by atoms with van der Waals surface area (Å²) in [5.41, 5.74) is 9.67. The van der Waals surface area contributed by atoms with Crippen LogP contribution in [-0.2, 0) is 0 Å². The van der Waals surface area contributed by atoms with Gasteiger partial charge in [0.05, 0.1) is 11.4 Å². The van der Waals surface area contributed by atoms with Gasteiger partial charge in [-0.15, -0.1) is 11.3 Å². The van der Waals surface area contributed by atoms with Crippen molar-refractivity contribution in [1.29, 1.82) is 0 Å². The third-order valence-electron chi connectivity index (χ3n) is 8.84. The van der Waals surface area contributed by atoms with E-state index < -0.39 is 0 Å². The number of hydrogen-bond acceptors (Lipinski definition) is 3. The lowest BCUT2D eigenvalue weighted by molar-refractivity contribution is 1.18. The van der Waals surface area contributed by atoms with Gasteiger partial charge in [0.25, 0.3) is 0 Å². The minimum Gasteiger partial charge on any atom is -0.228 e. The molecule has 2 heterocycles. The predicted octanol–water partition coefficient (Wildman–Crippen LogP) is 12.3. The molecule has 0 fully saturated rings. The molecule has 3 heteroatoms. The summed E-state index contributed by atoms with van der Waals surface area (Å²) in [4.78, 5) is 10.3. The first kappa shape index (κ1) is 27.4. The minimum atomic E-state index is 0.714. The van der Waals surface area contributed by atoms with E-state index in [1.807, 2.05) is 35.6 Å². The van der Waals surface area contributed by atoms with Gasteiger partial charge in [-0.3, -0.25) is 0 Å². The number of thiophene rings is 1. The second-order valence-electron chi connectivity index (χ2n) is 11.8. The summed E-state index contributed by atoms with van der Waals surface area (Å²) >= 11 is 1.88. The molecule has 2 nitrogen and oxygen atoms in total. The SMILES string of the molecule is c1ccc(-c2cc(-c3cc(-c4ccccc4)nc(-c4ccccc4)n3)cc(-c3c4ccccc4cc4c3sc3ccccc34)c2)cc1. The van der Waals surface area contributed by atoms with Crippen LogP contribution in [0.1, 0.15) is 0 Å². The van der Waals surface area contributed by atoms with Crippen LogP contribution in [0.4, 0.5) is 0 Å². The van der Waals surface area contributed by atoms with Crippen LogP contribution in [0, 0.1) is 0 Å². The number of rotatable bonds is 5. The second kappa shape index (κ2) is 11.5. The number of aromatic nitrogens is 2. The molecular weight excluding hydrogens is 589 g/mol. The Labute approximate surface area is 277 Å². The van der Waals surface area contributed by atoms with Crippen LogP contribution in [-0.4, -0.2) is 9.97 Å². The number of hydrogen-bond donors (Lipinski definition) is 0. The van der Waals surface area contributed by atoms with Crippen molar-refractivity contribution in [3.63, 3.8) is 0 Å². The highest BCUT2D eigenvalue weighted by Crippen LogP contribution is 2.45. The Morgan fingerprint density at radius 3 is 1.66 bits per heavy atom. The molecule has 47 heavy (non-hydrogen) atoms. The van der Waals surface area contributed by atoms with Gasteiger partial charge >= 0.3 is 0 Å². The van der Waals surface area contributed by atoms with E-state index in [1.54, 1.807) is 0 Å². The molecule has 0 aliphatic heterocycles. The van der Waals surface area contributed by atoms with Gasteiger partial charge in [0.2, 0.25) is 0 Å². The van der Waals surface area contributed by atoms with Crippen LogP contribution >= 0.6 is 11.3 Å². The molecule has 0 spiro atoms. The predicted molar refractivity (Wildman–Crippen MR) is 200 cm³/mol. The standard InChI is InChI=1S/C44H28N2S/c1-4-14-29(15-5-1)33-24-34(40-28-39(30-16-6-2-7-17-30)45-44(46-40)31-18-8-3-9-19-31)26-35(25-33)42-36-21-11-10-20-32(36)27-38-37-22-12-13-23-41(37)47-43(38)42/h1-28H. The van der Waals surface area contributed by atoms with E-state index in [9.17, 15) is 0 Å². The topological polar surface area (TPSA) is 25.8 Å². The van der Waals surface area contributed by atoms with Gasteiger partial charge in [0.15, 0.2) is 5.82 Å². The Kier molecular flexibility index (Phi) is 6.69. The fourth-order valence-electron chi connectivity index (χ4n) is 6.59. The molecule has 0 saturated carbocycles. The van der Waals surface area contributed by atoms with Crippen molar-refractivity contribution < 1.29 is 0 Å². The van der Waals surface area contributed by atoms with Gasteiger partial charge in [0, 0.05) is 42.4 Å². The monoisotopic (exact) mass is 616 g/mol. The molecule has 220 valence electrons. The van der Waals surface area contributed by atoms with Crippen LogP contribution in [0.3, 0.4) is 0 Å². The molecule has 9 aromatic rings. The zero-order chi connectivity index (χ0) is 31.2. The molecule has 7 aromatic carbocycles. The third kappa shape index (κ3) is 4.98. The average molecular weight is 617 g/mol. The van der Waals surface area contributed by atoms with Crippen LogP contribution in [0.2, 0.25) is 0 Å². The van der Waals surface area contributed by atoms with Gasteiger partial charge < -0.3 is 0 Å². The molecule has 0 bridgehead atoms. The summed E-state index contributed by atoms with van der Waals surface area (Å²) in [6, 6.07) is 60.3. The van der Waals surface area contributed by atoms with Crippen molar-refractivity contribution in [2.45, 2.75) is 0 Å². The lowest BCUT2D eigenvalue weighted by Crippen LogP contribution is -1.96. The first-order chi connectivity index (χ1) is 23.3. The maximum atomic E-state index is 5.22. The lowest BCUT2D eigenvalue weighted by atomic mass is 9.91. The third-order valence-corrected chi connectivity index (χ3v) is 10.0. The van der Waals surface area contributed by atoms with Crippen molar-refractivity contribution in [3.8, 4) is 56.2 Å². The molecular formula is C44H28N2S. The summed E-state index contributed by atoms with van der Waals surface area (Å²) in [6.45, 7) is 0. The van der Waals surface area contributed by atoms with E-state index in [4.69, 9.17) is 9.97 Å². The van der Waals surface area contributed by atoms with Gasteiger partial charge in [-0.2, -0.15) is 0 Å². The Balaban J connectivity index is 1.36. The number of benzene rings is 7. The van der Waals surface area contributed by atoms with Crippen molar-refractivity contribution in [3.05, 3.63) is 170 Å². The van der Waals surface area contributed by atoms with E-state index in [0.717, 1.165) is 33.6 Å². The highest BCUT2D eigenvalue weighted by Gasteiger charge is 2.18. The highest BCUT2D eigenvalue weighted by molar-refractivity contribution is 7.26. The van der Waals surface area contributed by atoms with Gasteiger partial charge in [0.1, 0.15) is 0 Å². The first-order valence-electron chi connectivity index (χ1n) is 15.8. The van der Waals surface area contributed by atoms with E-state index in [1.165, 1.54) is 47.6 Å². The Morgan fingerprint density at radius 2 is 0.915 bits per heavy atom. The van der Waals surface area contributed by atoms with Crippen molar-refractivity contribution in [2.75, 3.05) is 0 Å². The van der Waals surface area contributed by atoms with E-state index in [2.05, 4.69) is 146 Å². The fourth-order valence-corrected chi connectivity index (χ4v) is 7.86. The molecule has 0 aliphatic carbocycles. The van der Waals surface area contributed by atoms with Gasteiger partial charge in [-0.05, 0) is 63.9 Å². The second-order valence-corrected chi connectivity index (χ2v) is 12.9. The van der Waals surface area contributed by atoms with Crippen LogP contribution in [0.15, 0.2) is 170 Å². The highest BCUT2D eigenvalue weighted by atomic mass is 32.1. The molecule has 2 aromatic heterocycles. The minimum absolute atomic E-state index is 0.714. The van der Waals surface area contributed by atoms with Gasteiger partial charge in [-0.1, -0.05) is 133 Å². The van der Waals surface area contributed by atoms with E-state index >= 15 is 0 Å². The smallest absolute Gasteiger partial charge is 0.160 e. The average Bonchev–Trinajstić information content (AvgIpc) is 3.52. The Morgan fingerprint density at radius 1 is 0.362 bits per heavy atom. The molecule has 0 saturated heterocycles. The van der Waals surface area contributed by atoms with Crippen LogP contribution in [0.25, 0.3) is 87.1 Å². The maximum Gasteiger partial charge on any atom is 0.160 e. The van der Waals surface area contributed by atoms with Gasteiger partial charge in [-0.25, -0.2) is 9.97 Å². The normalized spacial score (nSPS) is 11.4.